The van der Waals surface area contributed by atoms with Crippen molar-refractivity contribution in [1.82, 2.24) is 10.2 Å². The van der Waals surface area contributed by atoms with E-state index < -0.39 is 0 Å². The maximum Gasteiger partial charge on any atom is 0.119 e. The fraction of sp³-hybridized carbons (Fsp3) is 0.647. The van der Waals surface area contributed by atoms with E-state index in [0.717, 1.165) is 45.0 Å². The van der Waals surface area contributed by atoms with Crippen LogP contribution in [0.1, 0.15) is 45.7 Å². The minimum Gasteiger partial charge on any atom is -0.492 e. The van der Waals surface area contributed by atoms with Crippen molar-refractivity contribution in [2.45, 2.75) is 40.2 Å². The van der Waals surface area contributed by atoms with Gasteiger partial charge in [-0.2, -0.15) is 0 Å². The van der Waals surface area contributed by atoms with Crippen LogP contribution in [-0.2, 0) is 0 Å². The summed E-state index contributed by atoms with van der Waals surface area (Å²) in [6.45, 7) is 13.6. The Bertz CT molecular complexity index is 347. The average molecular weight is 278 g/mol. The highest BCUT2D eigenvalue weighted by Crippen LogP contribution is 2.20. The summed E-state index contributed by atoms with van der Waals surface area (Å²) < 4.78 is 5.81. The average Bonchev–Trinajstić information content (AvgIpc) is 2.50. The van der Waals surface area contributed by atoms with E-state index in [9.17, 15) is 0 Å². The van der Waals surface area contributed by atoms with Crippen molar-refractivity contribution in [3.05, 3.63) is 29.8 Å². The molecule has 1 N–H and O–H groups in total. The first-order valence-electron chi connectivity index (χ1n) is 7.93. The molecule has 0 aliphatic rings. The van der Waals surface area contributed by atoms with Crippen molar-refractivity contribution < 1.29 is 4.74 Å². The molecule has 0 fully saturated rings. The van der Waals surface area contributed by atoms with Gasteiger partial charge in [0.1, 0.15) is 12.4 Å². The number of rotatable bonds is 10. The molecule has 0 heterocycles. The number of nitrogens with zero attached hydrogens (tertiary/aromatic N) is 1. The quantitative estimate of drug-likeness (QED) is 0.709. The van der Waals surface area contributed by atoms with Gasteiger partial charge >= 0.3 is 0 Å². The molecule has 1 aromatic carbocycles. The molecular formula is C17H30N2O. The van der Waals surface area contributed by atoms with Crippen molar-refractivity contribution in [3.8, 4) is 5.75 Å². The highest BCUT2D eigenvalue weighted by molar-refractivity contribution is 5.29. The van der Waals surface area contributed by atoms with Crippen molar-refractivity contribution in [2.24, 2.45) is 0 Å². The zero-order valence-corrected chi connectivity index (χ0v) is 13.5. The van der Waals surface area contributed by atoms with E-state index in [0.29, 0.717) is 6.04 Å². The second-order valence-electron chi connectivity index (χ2n) is 4.96. The number of benzene rings is 1. The fourth-order valence-electron chi connectivity index (χ4n) is 2.37. The minimum atomic E-state index is 0.449. The van der Waals surface area contributed by atoms with E-state index in [1.54, 1.807) is 0 Å². The van der Waals surface area contributed by atoms with Gasteiger partial charge in [0, 0.05) is 12.6 Å². The lowest BCUT2D eigenvalue weighted by molar-refractivity contribution is 0.223. The molecule has 0 radical (unpaired) electrons. The SMILES string of the molecule is CCNC(CC)c1ccc(OCCN(CC)CC)cc1. The van der Waals surface area contributed by atoms with Crippen LogP contribution in [0.3, 0.4) is 0 Å². The molecule has 1 rings (SSSR count). The first kappa shape index (κ1) is 17.0. The molecule has 1 atom stereocenters. The lowest BCUT2D eigenvalue weighted by atomic mass is 10.0. The minimum absolute atomic E-state index is 0.449. The number of hydrogen-bond acceptors (Lipinski definition) is 3. The maximum atomic E-state index is 5.81. The van der Waals surface area contributed by atoms with Crippen LogP contribution in [-0.4, -0.2) is 37.7 Å². The normalized spacial score (nSPS) is 12.7. The van der Waals surface area contributed by atoms with E-state index in [1.807, 2.05) is 0 Å². The predicted molar refractivity (Wildman–Crippen MR) is 86.4 cm³/mol. The van der Waals surface area contributed by atoms with Gasteiger partial charge in [0.25, 0.3) is 0 Å². The van der Waals surface area contributed by atoms with Gasteiger partial charge in [-0.05, 0) is 43.8 Å². The van der Waals surface area contributed by atoms with Crippen LogP contribution in [0.4, 0.5) is 0 Å². The van der Waals surface area contributed by atoms with E-state index in [1.165, 1.54) is 5.56 Å². The smallest absolute Gasteiger partial charge is 0.119 e. The number of nitrogens with one attached hydrogen (secondary N) is 1. The van der Waals surface area contributed by atoms with E-state index >= 15 is 0 Å². The Kier molecular flexibility index (Phi) is 8.31. The molecule has 0 bridgehead atoms. The van der Waals surface area contributed by atoms with Gasteiger partial charge in [-0.1, -0.05) is 39.8 Å². The molecular weight excluding hydrogens is 248 g/mol. The molecule has 0 amide bonds. The fourth-order valence-corrected chi connectivity index (χ4v) is 2.37. The third-order valence-corrected chi connectivity index (χ3v) is 3.71. The molecule has 0 aliphatic carbocycles. The Labute approximate surface area is 124 Å². The molecule has 0 aromatic heterocycles. The molecule has 1 aromatic rings. The molecule has 0 spiro atoms. The van der Waals surface area contributed by atoms with E-state index in [4.69, 9.17) is 4.74 Å². The Hall–Kier alpha value is -1.06. The number of likely N-dealkylation sites (N-methyl/N-ethyl adjacent to an activating group) is 1. The van der Waals surface area contributed by atoms with Gasteiger partial charge in [0.2, 0.25) is 0 Å². The number of hydrogen-bond donors (Lipinski definition) is 1. The van der Waals surface area contributed by atoms with Gasteiger partial charge in [-0.15, -0.1) is 0 Å². The molecule has 0 aliphatic heterocycles. The standard InChI is InChI=1S/C17H30N2O/c1-5-17(18-6-2)15-9-11-16(12-10-15)20-14-13-19(7-3)8-4/h9-12,17-18H,5-8,13-14H2,1-4H3. The van der Waals surface area contributed by atoms with Crippen molar-refractivity contribution in [2.75, 3.05) is 32.8 Å². The summed E-state index contributed by atoms with van der Waals surface area (Å²) in [4.78, 5) is 2.37. The van der Waals surface area contributed by atoms with Crippen LogP contribution in [0.15, 0.2) is 24.3 Å². The maximum absolute atomic E-state index is 5.81. The van der Waals surface area contributed by atoms with Gasteiger partial charge in [0.15, 0.2) is 0 Å². The Morgan fingerprint density at radius 2 is 1.70 bits per heavy atom. The molecule has 3 heteroatoms. The summed E-state index contributed by atoms with van der Waals surface area (Å²) in [7, 11) is 0. The summed E-state index contributed by atoms with van der Waals surface area (Å²) in [5, 5.41) is 3.49. The second kappa shape index (κ2) is 9.78. The van der Waals surface area contributed by atoms with Crippen LogP contribution in [0.25, 0.3) is 0 Å². The molecule has 20 heavy (non-hydrogen) atoms. The molecule has 114 valence electrons. The van der Waals surface area contributed by atoms with Crippen LogP contribution >= 0.6 is 0 Å². The summed E-state index contributed by atoms with van der Waals surface area (Å²) in [5.74, 6) is 0.965. The number of ether oxygens (including phenoxy) is 1. The second-order valence-corrected chi connectivity index (χ2v) is 4.96. The summed E-state index contributed by atoms with van der Waals surface area (Å²) in [6, 6.07) is 8.95. The van der Waals surface area contributed by atoms with Gasteiger partial charge in [0.05, 0.1) is 0 Å². The molecule has 0 saturated carbocycles. The summed E-state index contributed by atoms with van der Waals surface area (Å²) in [6.07, 6.45) is 1.11. The monoisotopic (exact) mass is 278 g/mol. The van der Waals surface area contributed by atoms with Crippen molar-refractivity contribution in [1.29, 1.82) is 0 Å². The van der Waals surface area contributed by atoms with Crippen molar-refractivity contribution >= 4 is 0 Å². The summed E-state index contributed by atoms with van der Waals surface area (Å²) >= 11 is 0. The first-order valence-corrected chi connectivity index (χ1v) is 7.93. The van der Waals surface area contributed by atoms with Crippen LogP contribution < -0.4 is 10.1 Å². The van der Waals surface area contributed by atoms with Gasteiger partial charge < -0.3 is 15.0 Å². The third kappa shape index (κ3) is 5.51. The molecule has 1 unspecified atom stereocenters. The largest absolute Gasteiger partial charge is 0.492 e. The highest BCUT2D eigenvalue weighted by Gasteiger charge is 2.07. The van der Waals surface area contributed by atoms with E-state index in [2.05, 4.69) is 62.2 Å². The van der Waals surface area contributed by atoms with Crippen LogP contribution in [0.5, 0.6) is 5.75 Å². The van der Waals surface area contributed by atoms with Crippen LogP contribution in [0.2, 0.25) is 0 Å². The highest BCUT2D eigenvalue weighted by atomic mass is 16.5. The Morgan fingerprint density at radius 1 is 1.05 bits per heavy atom. The molecule has 3 nitrogen and oxygen atoms in total. The lowest BCUT2D eigenvalue weighted by Crippen LogP contribution is -2.27. The lowest BCUT2D eigenvalue weighted by Gasteiger charge is -2.19. The third-order valence-electron chi connectivity index (χ3n) is 3.71. The van der Waals surface area contributed by atoms with E-state index in [-0.39, 0.29) is 0 Å². The Balaban J connectivity index is 2.45. The Morgan fingerprint density at radius 3 is 2.20 bits per heavy atom. The zero-order chi connectivity index (χ0) is 14.8. The van der Waals surface area contributed by atoms with Crippen molar-refractivity contribution in [3.63, 3.8) is 0 Å². The van der Waals surface area contributed by atoms with Gasteiger partial charge in [-0.3, -0.25) is 0 Å². The summed E-state index contributed by atoms with van der Waals surface area (Å²) in [5.41, 5.74) is 1.34. The van der Waals surface area contributed by atoms with Gasteiger partial charge in [-0.25, -0.2) is 0 Å². The zero-order valence-electron chi connectivity index (χ0n) is 13.5. The predicted octanol–water partition coefficient (Wildman–Crippen LogP) is 3.47. The van der Waals surface area contributed by atoms with Crippen LogP contribution in [0, 0.1) is 0 Å². The first-order chi connectivity index (χ1) is 9.74. The topological polar surface area (TPSA) is 24.5 Å². The molecule has 0 saturated heterocycles.